The van der Waals surface area contributed by atoms with E-state index in [0.29, 0.717) is 0 Å². The summed E-state index contributed by atoms with van der Waals surface area (Å²) in [4.78, 5) is -0.0535. The molecule has 6 atom stereocenters. The largest absolute Gasteiger partial charge is 0.388 e. The molecule has 2 aliphatic heterocycles. The second-order valence-electron chi connectivity index (χ2n) is 6.19. The average Bonchev–Trinajstić information content (AvgIpc) is 3.13. The van der Waals surface area contributed by atoms with Crippen molar-refractivity contribution in [2.24, 2.45) is 0 Å². The maximum atomic E-state index is 12.2. The van der Waals surface area contributed by atoms with E-state index in [4.69, 9.17) is 53.2 Å². The maximum absolute atomic E-state index is 12.2. The lowest BCUT2D eigenvalue weighted by molar-refractivity contribution is -0.187. The Morgan fingerprint density at radius 3 is 2.37 bits per heavy atom. The minimum absolute atomic E-state index is 0.0535. The Hall–Kier alpha value is -0.200. The van der Waals surface area contributed by atoms with Crippen molar-refractivity contribution in [3.8, 4) is 0 Å². The SMILES string of the molecule is Cc1ccc(S(=O)(=O)OC[C@@H](O)[C@H]2O[C@@H]3O[C@@H](C(Cl)(Cl)Cl)O[C@@H]3[C@H]2O)cc1. The summed E-state index contributed by atoms with van der Waals surface area (Å²) >= 11 is 17.0. The zero-order valence-electron chi connectivity index (χ0n) is 13.9. The van der Waals surface area contributed by atoms with Gasteiger partial charge in [-0.25, -0.2) is 0 Å². The van der Waals surface area contributed by atoms with Crippen molar-refractivity contribution in [1.29, 1.82) is 0 Å². The summed E-state index contributed by atoms with van der Waals surface area (Å²) in [6.45, 7) is 1.18. The van der Waals surface area contributed by atoms with Crippen molar-refractivity contribution in [2.45, 2.75) is 52.6 Å². The van der Waals surface area contributed by atoms with Crippen LogP contribution in [0, 0.1) is 6.92 Å². The van der Waals surface area contributed by atoms with Gasteiger partial charge in [-0.05, 0) is 19.1 Å². The minimum atomic E-state index is -4.08. The number of hydrogen-bond acceptors (Lipinski definition) is 8. The standard InChI is InChI=1S/C15H17Cl3O8S/c1-7-2-4-8(5-3-7)27(21,22)23-6-9(19)11-10(20)12-13(24-11)26-14(25-12)15(16,17)18/h2-5,9-14,19-20H,6H2,1H3/t9-,10+,11-,12-,13-,14+/m1/s1. The van der Waals surface area contributed by atoms with Crippen LogP contribution in [0.5, 0.6) is 0 Å². The van der Waals surface area contributed by atoms with Crippen LogP contribution in [-0.2, 0) is 28.5 Å². The molecule has 2 aliphatic rings. The highest BCUT2D eigenvalue weighted by Crippen LogP contribution is 2.42. The molecule has 2 fully saturated rings. The summed E-state index contributed by atoms with van der Waals surface area (Å²) < 4.78 is 43.2. The Morgan fingerprint density at radius 2 is 1.81 bits per heavy atom. The van der Waals surface area contributed by atoms with Gasteiger partial charge < -0.3 is 24.4 Å². The van der Waals surface area contributed by atoms with E-state index in [-0.39, 0.29) is 4.90 Å². The monoisotopic (exact) mass is 462 g/mol. The average molecular weight is 464 g/mol. The third-order valence-electron chi connectivity index (χ3n) is 4.12. The Balaban J connectivity index is 1.58. The van der Waals surface area contributed by atoms with Crippen LogP contribution in [0.4, 0.5) is 0 Å². The number of aliphatic hydroxyl groups excluding tert-OH is 2. The number of halogens is 3. The van der Waals surface area contributed by atoms with Crippen LogP contribution in [0.3, 0.4) is 0 Å². The van der Waals surface area contributed by atoms with E-state index in [0.717, 1.165) is 5.56 Å². The summed E-state index contributed by atoms with van der Waals surface area (Å²) in [6.07, 6.45) is -7.34. The first-order valence-electron chi connectivity index (χ1n) is 7.84. The van der Waals surface area contributed by atoms with E-state index in [2.05, 4.69) is 0 Å². The van der Waals surface area contributed by atoms with Gasteiger partial charge in [0.25, 0.3) is 10.1 Å². The quantitative estimate of drug-likeness (QED) is 0.496. The molecule has 0 aromatic heterocycles. The highest BCUT2D eigenvalue weighted by atomic mass is 35.6. The first kappa shape index (κ1) is 21.5. The first-order valence-corrected chi connectivity index (χ1v) is 10.4. The molecule has 0 unspecified atom stereocenters. The van der Waals surface area contributed by atoms with Gasteiger partial charge in [-0.2, -0.15) is 8.42 Å². The highest BCUT2D eigenvalue weighted by Gasteiger charge is 2.57. The first-order chi connectivity index (χ1) is 12.5. The molecule has 3 rings (SSSR count). The predicted molar refractivity (Wildman–Crippen MR) is 95.0 cm³/mol. The fourth-order valence-electron chi connectivity index (χ4n) is 2.71. The predicted octanol–water partition coefficient (Wildman–Crippen LogP) is 1.26. The van der Waals surface area contributed by atoms with E-state index >= 15 is 0 Å². The number of alkyl halides is 3. The Labute approximate surface area is 170 Å². The Morgan fingerprint density at radius 1 is 1.19 bits per heavy atom. The summed E-state index contributed by atoms with van der Waals surface area (Å²) in [5.41, 5.74) is 0.885. The van der Waals surface area contributed by atoms with Gasteiger partial charge in [-0.3, -0.25) is 4.18 Å². The molecule has 1 aromatic carbocycles. The maximum Gasteiger partial charge on any atom is 0.297 e. The van der Waals surface area contributed by atoms with E-state index in [1.807, 2.05) is 6.92 Å². The summed E-state index contributed by atoms with van der Waals surface area (Å²) in [5, 5.41) is 20.5. The second-order valence-corrected chi connectivity index (χ2v) is 10.2. The van der Waals surface area contributed by atoms with E-state index in [1.54, 1.807) is 12.1 Å². The molecule has 0 saturated carbocycles. The van der Waals surface area contributed by atoms with Gasteiger partial charge in [-0.15, -0.1) is 0 Å². The molecule has 0 bridgehead atoms. The molecule has 0 amide bonds. The van der Waals surface area contributed by atoms with Gasteiger partial charge in [0.15, 0.2) is 6.29 Å². The van der Waals surface area contributed by atoms with Gasteiger partial charge in [0.1, 0.15) is 24.4 Å². The molecule has 27 heavy (non-hydrogen) atoms. The Bertz CT molecular complexity index is 766. The molecule has 0 spiro atoms. The minimum Gasteiger partial charge on any atom is -0.388 e. The van der Waals surface area contributed by atoms with Crippen molar-refractivity contribution in [1.82, 2.24) is 0 Å². The number of hydrogen-bond donors (Lipinski definition) is 2. The van der Waals surface area contributed by atoms with Crippen molar-refractivity contribution in [2.75, 3.05) is 6.61 Å². The normalized spacial score (nSPS) is 32.4. The summed E-state index contributed by atoms with van der Waals surface area (Å²) in [6, 6.07) is 6.02. The fraction of sp³-hybridized carbons (Fsp3) is 0.600. The summed E-state index contributed by atoms with van der Waals surface area (Å²) in [5.74, 6) is 0. The van der Waals surface area contributed by atoms with Crippen molar-refractivity contribution in [3.63, 3.8) is 0 Å². The van der Waals surface area contributed by atoms with E-state index < -0.39 is 57.5 Å². The van der Waals surface area contributed by atoms with E-state index in [9.17, 15) is 18.6 Å². The van der Waals surface area contributed by atoms with Crippen LogP contribution in [-0.4, -0.2) is 66.0 Å². The number of aliphatic hydroxyl groups is 2. The third-order valence-corrected chi connectivity index (χ3v) is 5.95. The topological polar surface area (TPSA) is 112 Å². The molecular formula is C15H17Cl3O8S. The zero-order valence-corrected chi connectivity index (χ0v) is 17.0. The van der Waals surface area contributed by atoms with Crippen LogP contribution < -0.4 is 0 Å². The van der Waals surface area contributed by atoms with Gasteiger partial charge in [0.2, 0.25) is 10.1 Å². The molecule has 1 aromatic rings. The molecule has 2 heterocycles. The molecule has 2 N–H and O–H groups in total. The van der Waals surface area contributed by atoms with Gasteiger partial charge in [-0.1, -0.05) is 52.5 Å². The van der Waals surface area contributed by atoms with Gasteiger partial charge in [0.05, 0.1) is 11.5 Å². The summed E-state index contributed by atoms with van der Waals surface area (Å²) in [7, 11) is -4.08. The van der Waals surface area contributed by atoms with Crippen LogP contribution >= 0.6 is 34.8 Å². The van der Waals surface area contributed by atoms with Crippen molar-refractivity contribution in [3.05, 3.63) is 29.8 Å². The second kappa shape index (κ2) is 7.91. The highest BCUT2D eigenvalue weighted by molar-refractivity contribution is 7.86. The zero-order chi connectivity index (χ0) is 20.0. The molecule has 2 saturated heterocycles. The molecule has 12 heteroatoms. The molecule has 8 nitrogen and oxygen atoms in total. The number of ether oxygens (including phenoxy) is 3. The smallest absolute Gasteiger partial charge is 0.297 e. The lowest BCUT2D eigenvalue weighted by Gasteiger charge is -2.25. The molecule has 0 radical (unpaired) electrons. The van der Waals surface area contributed by atoms with Crippen LogP contribution in [0.2, 0.25) is 0 Å². The van der Waals surface area contributed by atoms with Crippen LogP contribution in [0.25, 0.3) is 0 Å². The van der Waals surface area contributed by atoms with Crippen LogP contribution in [0.1, 0.15) is 5.56 Å². The number of fused-ring (bicyclic) bond motifs is 1. The van der Waals surface area contributed by atoms with Gasteiger partial charge in [0, 0.05) is 0 Å². The Kier molecular flexibility index (Phi) is 6.30. The molecular weight excluding hydrogens is 447 g/mol. The third kappa shape index (κ3) is 4.69. The number of benzene rings is 1. The van der Waals surface area contributed by atoms with Gasteiger partial charge >= 0.3 is 0 Å². The fourth-order valence-corrected chi connectivity index (χ4v) is 3.94. The lowest BCUT2D eigenvalue weighted by atomic mass is 10.1. The van der Waals surface area contributed by atoms with Crippen LogP contribution in [0.15, 0.2) is 29.2 Å². The number of aryl methyl sites for hydroxylation is 1. The van der Waals surface area contributed by atoms with Crippen molar-refractivity contribution < 1.29 is 37.0 Å². The van der Waals surface area contributed by atoms with Crippen molar-refractivity contribution >= 4 is 44.9 Å². The van der Waals surface area contributed by atoms with E-state index in [1.165, 1.54) is 12.1 Å². The molecule has 0 aliphatic carbocycles. The lowest BCUT2D eigenvalue weighted by Crippen LogP contribution is -2.43. The molecule has 152 valence electrons. The number of rotatable bonds is 5.